The molecule has 0 amide bonds. The standard InChI is InChI=1S/C11H18O3/c1-10(13,8-12)9-3-6-14-11(7-9)4-2-5-11/h8-9,13H,2-7H2,1H3. The third-order valence-electron chi connectivity index (χ3n) is 3.82. The molecule has 2 rings (SSSR count). The zero-order chi connectivity index (χ0) is 10.2. The zero-order valence-electron chi connectivity index (χ0n) is 8.66. The largest absolute Gasteiger partial charge is 0.382 e. The quantitative estimate of drug-likeness (QED) is 0.680. The SMILES string of the molecule is CC(O)(C=O)C1CCOC2(CCC2)C1. The zero-order valence-corrected chi connectivity index (χ0v) is 8.66. The molecule has 1 N–H and O–H groups in total. The van der Waals surface area contributed by atoms with Gasteiger partial charge < -0.3 is 14.6 Å². The van der Waals surface area contributed by atoms with Crippen LogP contribution in [0.4, 0.5) is 0 Å². The van der Waals surface area contributed by atoms with Crippen molar-refractivity contribution >= 4 is 6.29 Å². The summed E-state index contributed by atoms with van der Waals surface area (Å²) >= 11 is 0. The summed E-state index contributed by atoms with van der Waals surface area (Å²) in [6.45, 7) is 2.30. The van der Waals surface area contributed by atoms with E-state index in [1.165, 1.54) is 6.42 Å². The minimum atomic E-state index is -1.16. The molecular formula is C11H18O3. The predicted molar refractivity (Wildman–Crippen MR) is 51.9 cm³/mol. The van der Waals surface area contributed by atoms with E-state index >= 15 is 0 Å². The molecule has 0 aromatic rings. The fourth-order valence-electron chi connectivity index (χ4n) is 2.54. The van der Waals surface area contributed by atoms with E-state index in [1.54, 1.807) is 6.92 Å². The number of hydrogen-bond acceptors (Lipinski definition) is 3. The summed E-state index contributed by atoms with van der Waals surface area (Å²) in [6, 6.07) is 0. The van der Waals surface area contributed by atoms with Crippen LogP contribution in [-0.4, -0.2) is 29.2 Å². The molecule has 0 aromatic carbocycles. The molecule has 1 aliphatic carbocycles. The number of carbonyl (C=O) groups is 1. The second-order valence-corrected chi connectivity index (χ2v) is 4.92. The van der Waals surface area contributed by atoms with Crippen LogP contribution in [0.2, 0.25) is 0 Å². The molecule has 2 unspecified atom stereocenters. The monoisotopic (exact) mass is 198 g/mol. The Bertz CT molecular complexity index is 231. The highest BCUT2D eigenvalue weighted by Gasteiger charge is 2.47. The summed E-state index contributed by atoms with van der Waals surface area (Å²) in [4.78, 5) is 10.8. The van der Waals surface area contributed by atoms with Crippen molar-refractivity contribution in [2.24, 2.45) is 5.92 Å². The van der Waals surface area contributed by atoms with Gasteiger partial charge >= 0.3 is 0 Å². The number of rotatable bonds is 2. The lowest BCUT2D eigenvalue weighted by molar-refractivity contribution is -0.172. The van der Waals surface area contributed by atoms with Crippen molar-refractivity contribution < 1.29 is 14.6 Å². The van der Waals surface area contributed by atoms with Crippen LogP contribution in [0, 0.1) is 5.92 Å². The Morgan fingerprint density at radius 2 is 2.29 bits per heavy atom. The average Bonchev–Trinajstić information content (AvgIpc) is 2.16. The summed E-state index contributed by atoms with van der Waals surface area (Å²) in [5, 5.41) is 9.88. The molecular weight excluding hydrogens is 180 g/mol. The second-order valence-electron chi connectivity index (χ2n) is 4.92. The molecule has 2 fully saturated rings. The molecule has 0 bridgehead atoms. The van der Waals surface area contributed by atoms with Crippen LogP contribution in [-0.2, 0) is 9.53 Å². The van der Waals surface area contributed by atoms with Gasteiger partial charge in [0.05, 0.1) is 5.60 Å². The van der Waals surface area contributed by atoms with E-state index in [4.69, 9.17) is 4.74 Å². The van der Waals surface area contributed by atoms with E-state index in [0.29, 0.717) is 12.9 Å². The third kappa shape index (κ3) is 1.59. The van der Waals surface area contributed by atoms with E-state index in [2.05, 4.69) is 0 Å². The Morgan fingerprint density at radius 1 is 1.57 bits per heavy atom. The summed E-state index contributed by atoms with van der Waals surface area (Å²) in [6.07, 6.45) is 5.73. The van der Waals surface area contributed by atoms with Gasteiger partial charge in [-0.25, -0.2) is 0 Å². The fraction of sp³-hybridized carbons (Fsp3) is 0.909. The van der Waals surface area contributed by atoms with Crippen molar-refractivity contribution in [3.8, 4) is 0 Å². The van der Waals surface area contributed by atoms with E-state index in [9.17, 15) is 9.90 Å². The Labute approximate surface area is 84.4 Å². The summed E-state index contributed by atoms with van der Waals surface area (Å²) in [7, 11) is 0. The van der Waals surface area contributed by atoms with E-state index < -0.39 is 5.60 Å². The first-order chi connectivity index (χ1) is 6.58. The minimum absolute atomic E-state index is 0.00984. The second kappa shape index (κ2) is 3.31. The third-order valence-corrected chi connectivity index (χ3v) is 3.82. The van der Waals surface area contributed by atoms with Gasteiger partial charge in [-0.1, -0.05) is 0 Å². The maximum Gasteiger partial charge on any atom is 0.151 e. The molecule has 1 saturated heterocycles. The molecule has 2 atom stereocenters. The molecule has 0 radical (unpaired) electrons. The van der Waals surface area contributed by atoms with Crippen molar-refractivity contribution in [2.45, 2.75) is 50.2 Å². The van der Waals surface area contributed by atoms with Gasteiger partial charge in [0, 0.05) is 6.61 Å². The van der Waals surface area contributed by atoms with Gasteiger partial charge in [0.1, 0.15) is 5.60 Å². The Kier molecular flexibility index (Phi) is 2.40. The van der Waals surface area contributed by atoms with Gasteiger partial charge in [-0.05, 0) is 44.9 Å². The molecule has 0 aromatic heterocycles. The van der Waals surface area contributed by atoms with Crippen LogP contribution < -0.4 is 0 Å². The lowest BCUT2D eigenvalue weighted by Crippen LogP contribution is -2.51. The van der Waals surface area contributed by atoms with E-state index in [0.717, 1.165) is 25.7 Å². The lowest BCUT2D eigenvalue weighted by atomic mass is 9.68. The molecule has 1 spiro atoms. The van der Waals surface area contributed by atoms with Gasteiger partial charge in [0.2, 0.25) is 0 Å². The highest BCUT2D eigenvalue weighted by atomic mass is 16.5. The van der Waals surface area contributed by atoms with Crippen molar-refractivity contribution in [3.63, 3.8) is 0 Å². The number of carbonyl (C=O) groups excluding carboxylic acids is 1. The highest BCUT2D eigenvalue weighted by molar-refractivity contribution is 5.61. The van der Waals surface area contributed by atoms with Crippen LogP contribution in [0.25, 0.3) is 0 Å². The van der Waals surface area contributed by atoms with Crippen LogP contribution in [0.1, 0.15) is 39.0 Å². The van der Waals surface area contributed by atoms with Crippen molar-refractivity contribution in [1.29, 1.82) is 0 Å². The van der Waals surface area contributed by atoms with Crippen LogP contribution >= 0.6 is 0 Å². The topological polar surface area (TPSA) is 46.5 Å². The van der Waals surface area contributed by atoms with Gasteiger partial charge in [0.25, 0.3) is 0 Å². The van der Waals surface area contributed by atoms with Crippen molar-refractivity contribution in [3.05, 3.63) is 0 Å². The Hall–Kier alpha value is -0.410. The molecule has 1 aliphatic heterocycles. The van der Waals surface area contributed by atoms with E-state index in [1.807, 2.05) is 0 Å². The lowest BCUT2D eigenvalue weighted by Gasteiger charge is -2.49. The van der Waals surface area contributed by atoms with Gasteiger partial charge in [-0.15, -0.1) is 0 Å². The summed E-state index contributed by atoms with van der Waals surface area (Å²) in [5.41, 5.74) is -1.15. The van der Waals surface area contributed by atoms with Crippen LogP contribution in [0.15, 0.2) is 0 Å². The van der Waals surface area contributed by atoms with Gasteiger partial charge in [-0.2, -0.15) is 0 Å². The molecule has 2 aliphatic rings. The van der Waals surface area contributed by atoms with Gasteiger partial charge in [-0.3, -0.25) is 0 Å². The predicted octanol–water partition coefficient (Wildman–Crippen LogP) is 1.29. The molecule has 3 nitrogen and oxygen atoms in total. The highest BCUT2D eigenvalue weighted by Crippen LogP contribution is 2.46. The van der Waals surface area contributed by atoms with Crippen LogP contribution in [0.5, 0.6) is 0 Å². The number of ether oxygens (including phenoxy) is 1. The maximum absolute atomic E-state index is 10.8. The first-order valence-electron chi connectivity index (χ1n) is 5.41. The fourth-order valence-corrected chi connectivity index (χ4v) is 2.54. The molecule has 80 valence electrons. The summed E-state index contributed by atoms with van der Waals surface area (Å²) in [5.74, 6) is 0.0778. The minimum Gasteiger partial charge on any atom is -0.382 e. The first kappa shape index (κ1) is 10.1. The van der Waals surface area contributed by atoms with E-state index in [-0.39, 0.29) is 11.5 Å². The molecule has 14 heavy (non-hydrogen) atoms. The first-order valence-corrected chi connectivity index (χ1v) is 5.41. The summed E-state index contributed by atoms with van der Waals surface area (Å²) < 4.78 is 5.74. The Balaban J connectivity index is 2.03. The van der Waals surface area contributed by atoms with Crippen molar-refractivity contribution in [1.82, 2.24) is 0 Å². The normalized spacial score (nSPS) is 34.6. The Morgan fingerprint density at radius 3 is 2.79 bits per heavy atom. The number of aliphatic hydroxyl groups is 1. The smallest absolute Gasteiger partial charge is 0.151 e. The molecule has 1 heterocycles. The number of hydrogen-bond donors (Lipinski definition) is 1. The number of aldehydes is 1. The average molecular weight is 198 g/mol. The van der Waals surface area contributed by atoms with Crippen LogP contribution in [0.3, 0.4) is 0 Å². The van der Waals surface area contributed by atoms with Gasteiger partial charge in [0.15, 0.2) is 6.29 Å². The molecule has 1 saturated carbocycles. The van der Waals surface area contributed by atoms with Crippen molar-refractivity contribution in [2.75, 3.05) is 6.61 Å². The maximum atomic E-state index is 10.8. The molecule has 3 heteroatoms.